The maximum Gasteiger partial charge on any atom is 0.326 e. The zero-order valence-corrected chi connectivity index (χ0v) is 19.7. The molecule has 1 amide bonds. The molecular formula is C23H22F2N2O6S. The minimum Gasteiger partial charge on any atom is -0.493 e. The van der Waals surface area contributed by atoms with E-state index >= 15 is 0 Å². The van der Waals surface area contributed by atoms with E-state index in [-0.39, 0.29) is 28.2 Å². The monoisotopic (exact) mass is 492 g/mol. The van der Waals surface area contributed by atoms with Crippen LogP contribution in [-0.2, 0) is 20.9 Å². The van der Waals surface area contributed by atoms with Gasteiger partial charge in [-0.15, -0.1) is 0 Å². The predicted molar refractivity (Wildman–Crippen MR) is 122 cm³/mol. The third-order valence-corrected chi connectivity index (χ3v) is 5.62. The largest absolute Gasteiger partial charge is 0.493 e. The lowest BCUT2D eigenvalue weighted by molar-refractivity contribution is -0.143. The molecule has 0 radical (unpaired) electrons. The molecule has 2 aromatic carbocycles. The van der Waals surface area contributed by atoms with E-state index in [0.29, 0.717) is 28.9 Å². The molecule has 8 nitrogen and oxygen atoms in total. The van der Waals surface area contributed by atoms with Crippen LogP contribution in [0.2, 0.25) is 0 Å². The number of hydrogen-bond acceptors (Lipinski definition) is 7. The van der Waals surface area contributed by atoms with Gasteiger partial charge >= 0.3 is 5.97 Å². The summed E-state index contributed by atoms with van der Waals surface area (Å²) in [4.78, 5) is 28.6. The first-order chi connectivity index (χ1) is 16.3. The average molecular weight is 493 g/mol. The van der Waals surface area contributed by atoms with Crippen molar-refractivity contribution in [3.05, 3.63) is 52.3 Å². The number of aromatic nitrogens is 1. The topological polar surface area (TPSA) is 88.4 Å². The van der Waals surface area contributed by atoms with E-state index in [1.165, 1.54) is 38.0 Å². The quantitative estimate of drug-likeness (QED) is 0.352. The summed E-state index contributed by atoms with van der Waals surface area (Å²) in [7, 11) is 4.41. The Morgan fingerprint density at radius 2 is 1.74 bits per heavy atom. The van der Waals surface area contributed by atoms with Gasteiger partial charge in [0.05, 0.1) is 38.2 Å². The fourth-order valence-electron chi connectivity index (χ4n) is 3.19. The van der Waals surface area contributed by atoms with E-state index in [4.69, 9.17) is 18.9 Å². The lowest BCUT2D eigenvalue weighted by atomic mass is 10.1. The van der Waals surface area contributed by atoms with Crippen molar-refractivity contribution in [3.8, 4) is 17.2 Å². The van der Waals surface area contributed by atoms with Gasteiger partial charge in [0.25, 0.3) is 5.91 Å². The molecule has 0 unspecified atom stereocenters. The summed E-state index contributed by atoms with van der Waals surface area (Å²) >= 11 is 0.877. The SMILES string of the molecule is CCOC(=O)Cn1c(=NC(=O)C=Cc2cc(OC)c(OC)c(OC)c2)sc2cc(F)cc(F)c21. The van der Waals surface area contributed by atoms with Crippen molar-refractivity contribution in [2.75, 3.05) is 27.9 Å². The zero-order chi connectivity index (χ0) is 24.8. The van der Waals surface area contributed by atoms with Gasteiger partial charge < -0.3 is 23.5 Å². The fraction of sp³-hybridized carbons (Fsp3) is 0.261. The molecule has 3 aromatic rings. The maximum absolute atomic E-state index is 14.5. The van der Waals surface area contributed by atoms with Crippen LogP contribution in [0.4, 0.5) is 8.78 Å². The third kappa shape index (κ3) is 5.42. The number of esters is 1. The summed E-state index contributed by atoms with van der Waals surface area (Å²) in [6.45, 7) is 1.37. The number of thiazole rings is 1. The Labute approximate surface area is 197 Å². The van der Waals surface area contributed by atoms with Crippen molar-refractivity contribution in [1.29, 1.82) is 0 Å². The van der Waals surface area contributed by atoms with Crippen LogP contribution < -0.4 is 19.0 Å². The van der Waals surface area contributed by atoms with Crippen LogP contribution in [0, 0.1) is 11.6 Å². The van der Waals surface area contributed by atoms with Gasteiger partial charge in [0.1, 0.15) is 12.4 Å². The molecule has 0 saturated carbocycles. The van der Waals surface area contributed by atoms with Gasteiger partial charge in [0, 0.05) is 12.1 Å². The van der Waals surface area contributed by atoms with Gasteiger partial charge in [-0.25, -0.2) is 8.78 Å². The number of benzene rings is 2. The number of amides is 1. The van der Waals surface area contributed by atoms with E-state index in [1.807, 2.05) is 0 Å². The second kappa shape index (κ2) is 10.9. The standard InChI is InChI=1S/C23H22F2N2O6S/c1-5-33-20(29)12-27-21-15(25)10-14(24)11-18(21)34-23(27)26-19(28)7-6-13-8-16(30-2)22(32-4)17(9-13)31-3/h6-11H,5,12H2,1-4H3. The summed E-state index contributed by atoms with van der Waals surface area (Å²) in [6.07, 6.45) is 2.68. The summed E-state index contributed by atoms with van der Waals surface area (Å²) in [5.74, 6) is -1.78. The summed E-state index contributed by atoms with van der Waals surface area (Å²) in [5.41, 5.74) is 0.529. The first-order valence-electron chi connectivity index (χ1n) is 10.0. The molecule has 11 heteroatoms. The molecule has 1 aromatic heterocycles. The number of nitrogens with zero attached hydrogens (tertiary/aromatic N) is 2. The molecule has 34 heavy (non-hydrogen) atoms. The van der Waals surface area contributed by atoms with Crippen molar-refractivity contribution < 1.29 is 37.3 Å². The molecule has 1 heterocycles. The lowest BCUT2D eigenvalue weighted by Gasteiger charge is -2.12. The normalized spacial score (nSPS) is 11.8. The van der Waals surface area contributed by atoms with E-state index in [2.05, 4.69) is 4.99 Å². The highest BCUT2D eigenvalue weighted by Crippen LogP contribution is 2.38. The molecule has 0 aliphatic rings. The Kier molecular flexibility index (Phi) is 8.00. The molecule has 0 saturated heterocycles. The second-order valence-electron chi connectivity index (χ2n) is 6.75. The van der Waals surface area contributed by atoms with Crippen molar-refractivity contribution in [2.24, 2.45) is 4.99 Å². The second-order valence-corrected chi connectivity index (χ2v) is 7.76. The number of carbonyl (C=O) groups excluding carboxylic acids is 2. The fourth-order valence-corrected chi connectivity index (χ4v) is 4.27. The number of methoxy groups -OCH3 is 3. The number of carbonyl (C=O) groups is 2. The first-order valence-corrected chi connectivity index (χ1v) is 10.8. The van der Waals surface area contributed by atoms with Crippen LogP contribution in [0.1, 0.15) is 12.5 Å². The minimum absolute atomic E-state index is 0.0205. The van der Waals surface area contributed by atoms with Crippen LogP contribution in [0.25, 0.3) is 16.3 Å². The highest BCUT2D eigenvalue weighted by atomic mass is 32.1. The van der Waals surface area contributed by atoms with Crippen LogP contribution in [0.15, 0.2) is 35.3 Å². The lowest BCUT2D eigenvalue weighted by Crippen LogP contribution is -2.23. The summed E-state index contributed by atoms with van der Waals surface area (Å²) in [5, 5.41) is 0. The predicted octanol–water partition coefficient (Wildman–Crippen LogP) is 3.71. The van der Waals surface area contributed by atoms with Gasteiger partial charge in [-0.1, -0.05) is 11.3 Å². The van der Waals surface area contributed by atoms with Crippen molar-refractivity contribution in [1.82, 2.24) is 4.57 Å². The van der Waals surface area contributed by atoms with E-state index < -0.39 is 23.5 Å². The number of ether oxygens (including phenoxy) is 4. The number of rotatable bonds is 8. The van der Waals surface area contributed by atoms with Gasteiger partial charge in [0.2, 0.25) is 5.75 Å². The molecule has 0 bridgehead atoms. The Balaban J connectivity index is 2.02. The Bertz CT molecular complexity index is 1300. The van der Waals surface area contributed by atoms with Crippen LogP contribution in [0.3, 0.4) is 0 Å². The van der Waals surface area contributed by atoms with Gasteiger partial charge in [0.15, 0.2) is 22.1 Å². The molecule has 0 fully saturated rings. The smallest absolute Gasteiger partial charge is 0.326 e. The molecule has 0 aliphatic carbocycles. The van der Waals surface area contributed by atoms with Gasteiger partial charge in [-0.05, 0) is 36.8 Å². The molecule has 0 atom stereocenters. The van der Waals surface area contributed by atoms with Crippen molar-refractivity contribution in [3.63, 3.8) is 0 Å². The average Bonchev–Trinajstić information content (AvgIpc) is 3.13. The highest BCUT2D eigenvalue weighted by Gasteiger charge is 2.17. The highest BCUT2D eigenvalue weighted by molar-refractivity contribution is 7.16. The summed E-state index contributed by atoms with van der Waals surface area (Å²) < 4.78 is 50.4. The Morgan fingerprint density at radius 3 is 2.32 bits per heavy atom. The third-order valence-electron chi connectivity index (χ3n) is 4.60. The molecule has 3 rings (SSSR count). The first kappa shape index (κ1) is 24.9. The van der Waals surface area contributed by atoms with Crippen LogP contribution in [-0.4, -0.2) is 44.4 Å². The van der Waals surface area contributed by atoms with E-state index in [9.17, 15) is 18.4 Å². The minimum atomic E-state index is -0.877. The molecule has 0 aliphatic heterocycles. The number of fused-ring (bicyclic) bond motifs is 1. The van der Waals surface area contributed by atoms with E-state index in [1.54, 1.807) is 19.1 Å². The number of hydrogen-bond donors (Lipinski definition) is 0. The molecule has 0 spiro atoms. The Hall–Kier alpha value is -3.73. The maximum atomic E-state index is 14.5. The molecule has 180 valence electrons. The zero-order valence-electron chi connectivity index (χ0n) is 18.9. The molecule has 0 N–H and O–H groups in total. The van der Waals surface area contributed by atoms with Crippen molar-refractivity contribution in [2.45, 2.75) is 13.5 Å². The van der Waals surface area contributed by atoms with Crippen LogP contribution in [0.5, 0.6) is 17.2 Å². The van der Waals surface area contributed by atoms with Crippen LogP contribution >= 0.6 is 11.3 Å². The summed E-state index contributed by atoms with van der Waals surface area (Å²) in [6, 6.07) is 5.10. The Morgan fingerprint density at radius 1 is 1.06 bits per heavy atom. The van der Waals surface area contributed by atoms with Gasteiger partial charge in [-0.2, -0.15) is 4.99 Å². The number of halogens is 2. The van der Waals surface area contributed by atoms with Crippen molar-refractivity contribution >= 4 is 39.5 Å². The van der Waals surface area contributed by atoms with E-state index in [0.717, 1.165) is 17.4 Å². The molecular weight excluding hydrogens is 470 g/mol. The van der Waals surface area contributed by atoms with Gasteiger partial charge in [-0.3, -0.25) is 9.59 Å².